The lowest BCUT2D eigenvalue weighted by atomic mass is 10.5. The van der Waals surface area contributed by atoms with Crippen LogP contribution in [0.3, 0.4) is 0 Å². The smallest absolute Gasteiger partial charge is 0.203 e. The minimum absolute atomic E-state index is 0.638. The van der Waals surface area contributed by atoms with Crippen LogP contribution in [0.5, 0.6) is 0 Å². The lowest BCUT2D eigenvalue weighted by Gasteiger charge is -2.01. The van der Waals surface area contributed by atoms with Gasteiger partial charge in [0.25, 0.3) is 0 Å². The number of aryl methyl sites for hydroxylation is 1. The molecule has 0 saturated heterocycles. The summed E-state index contributed by atoms with van der Waals surface area (Å²) >= 11 is 0. The summed E-state index contributed by atoms with van der Waals surface area (Å²) in [5, 5.41) is 15.1. The summed E-state index contributed by atoms with van der Waals surface area (Å²) in [6, 6.07) is 1.86. The largest absolute Gasteiger partial charge is 0.320 e. The van der Waals surface area contributed by atoms with Crippen LogP contribution < -0.4 is 5.32 Å². The van der Waals surface area contributed by atoms with Crippen LogP contribution in [0.1, 0.15) is 0 Å². The second-order valence-corrected chi connectivity index (χ2v) is 3.34. The highest BCUT2D eigenvalue weighted by atomic mass is 15.3. The fourth-order valence-corrected chi connectivity index (χ4v) is 1.45. The number of aromatic nitrogens is 6. The van der Waals surface area contributed by atoms with Gasteiger partial charge in [-0.25, -0.2) is 4.98 Å². The summed E-state index contributed by atoms with van der Waals surface area (Å²) in [4.78, 5) is 4.20. The normalized spacial score (nSPS) is 10.8. The van der Waals surface area contributed by atoms with Gasteiger partial charge in [0.2, 0.25) is 5.65 Å². The molecule has 0 aliphatic carbocycles. The van der Waals surface area contributed by atoms with Crippen molar-refractivity contribution in [1.82, 2.24) is 29.4 Å². The molecule has 0 aromatic carbocycles. The van der Waals surface area contributed by atoms with E-state index in [1.807, 2.05) is 19.3 Å². The SMILES string of the molecule is Cn1ccc(Nc2nccn3cnnc23)n1. The minimum Gasteiger partial charge on any atom is -0.320 e. The molecule has 80 valence electrons. The summed E-state index contributed by atoms with van der Waals surface area (Å²) < 4.78 is 3.50. The Labute approximate surface area is 90.8 Å². The second-order valence-electron chi connectivity index (χ2n) is 3.34. The third kappa shape index (κ3) is 1.38. The molecule has 0 fully saturated rings. The fourth-order valence-electron chi connectivity index (χ4n) is 1.45. The molecular formula is C9H9N7. The minimum atomic E-state index is 0.638. The zero-order chi connectivity index (χ0) is 11.0. The van der Waals surface area contributed by atoms with Crippen molar-refractivity contribution in [1.29, 1.82) is 0 Å². The van der Waals surface area contributed by atoms with Crippen molar-refractivity contribution in [2.24, 2.45) is 7.05 Å². The van der Waals surface area contributed by atoms with E-state index < -0.39 is 0 Å². The van der Waals surface area contributed by atoms with Gasteiger partial charge in [-0.05, 0) is 0 Å². The van der Waals surface area contributed by atoms with Crippen LogP contribution in [-0.4, -0.2) is 29.4 Å². The molecule has 0 spiro atoms. The van der Waals surface area contributed by atoms with Gasteiger partial charge in [-0.2, -0.15) is 5.10 Å². The van der Waals surface area contributed by atoms with Crippen molar-refractivity contribution in [2.45, 2.75) is 0 Å². The summed E-state index contributed by atoms with van der Waals surface area (Å²) in [7, 11) is 1.86. The Morgan fingerprint density at radius 1 is 1.31 bits per heavy atom. The van der Waals surface area contributed by atoms with E-state index in [9.17, 15) is 0 Å². The van der Waals surface area contributed by atoms with Crippen molar-refractivity contribution in [3.63, 3.8) is 0 Å². The molecule has 3 rings (SSSR count). The Morgan fingerprint density at radius 3 is 3.06 bits per heavy atom. The number of rotatable bonds is 2. The number of nitrogens with zero attached hydrogens (tertiary/aromatic N) is 6. The van der Waals surface area contributed by atoms with Crippen molar-refractivity contribution in [3.05, 3.63) is 31.0 Å². The van der Waals surface area contributed by atoms with Gasteiger partial charge in [-0.1, -0.05) is 0 Å². The molecule has 3 aromatic heterocycles. The number of anilines is 2. The van der Waals surface area contributed by atoms with Crippen LogP contribution >= 0.6 is 0 Å². The molecule has 16 heavy (non-hydrogen) atoms. The van der Waals surface area contributed by atoms with Crippen LogP contribution in [0.25, 0.3) is 5.65 Å². The monoisotopic (exact) mass is 215 g/mol. The Kier molecular flexibility index (Phi) is 1.82. The van der Waals surface area contributed by atoms with Gasteiger partial charge in [0.05, 0.1) is 0 Å². The summed E-state index contributed by atoms with van der Waals surface area (Å²) in [6.07, 6.45) is 6.95. The Balaban J connectivity index is 2.03. The van der Waals surface area contributed by atoms with E-state index in [0.29, 0.717) is 11.5 Å². The van der Waals surface area contributed by atoms with Crippen LogP contribution in [0.4, 0.5) is 11.6 Å². The standard InChI is InChI=1S/C9H9N7/c1-15-4-2-7(14-15)12-8-9-13-11-6-16(9)5-3-10-8/h2-6H,1H3,(H,10,12,14). The van der Waals surface area contributed by atoms with E-state index in [0.717, 1.165) is 5.82 Å². The third-order valence-electron chi connectivity index (χ3n) is 2.18. The molecule has 0 aliphatic heterocycles. The number of fused-ring (bicyclic) bond motifs is 1. The second kappa shape index (κ2) is 3.30. The summed E-state index contributed by atoms with van der Waals surface area (Å²) in [5.41, 5.74) is 0.674. The quantitative estimate of drug-likeness (QED) is 0.677. The molecule has 0 aliphatic rings. The van der Waals surface area contributed by atoms with Crippen molar-refractivity contribution >= 4 is 17.3 Å². The van der Waals surface area contributed by atoms with Crippen LogP contribution in [0.15, 0.2) is 31.0 Å². The molecule has 0 unspecified atom stereocenters. The number of hydrogen-bond acceptors (Lipinski definition) is 5. The van der Waals surface area contributed by atoms with Crippen molar-refractivity contribution in [2.75, 3.05) is 5.32 Å². The zero-order valence-corrected chi connectivity index (χ0v) is 8.57. The van der Waals surface area contributed by atoms with Gasteiger partial charge in [0.15, 0.2) is 11.6 Å². The molecule has 1 N–H and O–H groups in total. The third-order valence-corrected chi connectivity index (χ3v) is 2.18. The molecule has 3 heterocycles. The maximum Gasteiger partial charge on any atom is 0.203 e. The van der Waals surface area contributed by atoms with Crippen LogP contribution in [0.2, 0.25) is 0 Å². The summed E-state index contributed by atoms with van der Waals surface area (Å²) in [5.74, 6) is 1.37. The molecule has 7 heteroatoms. The molecule has 0 atom stereocenters. The van der Waals surface area contributed by atoms with Gasteiger partial charge in [-0.15, -0.1) is 10.2 Å². The van der Waals surface area contributed by atoms with E-state index in [1.165, 1.54) is 0 Å². The topological polar surface area (TPSA) is 72.9 Å². The number of hydrogen-bond donors (Lipinski definition) is 1. The van der Waals surface area contributed by atoms with Gasteiger partial charge < -0.3 is 5.32 Å². The zero-order valence-electron chi connectivity index (χ0n) is 8.57. The van der Waals surface area contributed by atoms with Crippen molar-refractivity contribution in [3.8, 4) is 0 Å². The van der Waals surface area contributed by atoms with E-state index >= 15 is 0 Å². The first-order valence-corrected chi connectivity index (χ1v) is 4.74. The molecule has 0 amide bonds. The average Bonchev–Trinajstić information content (AvgIpc) is 2.87. The highest BCUT2D eigenvalue weighted by Crippen LogP contribution is 2.15. The molecular weight excluding hydrogens is 206 g/mol. The van der Waals surface area contributed by atoms with E-state index in [-0.39, 0.29) is 0 Å². The van der Waals surface area contributed by atoms with Crippen LogP contribution in [0, 0.1) is 0 Å². The highest BCUT2D eigenvalue weighted by molar-refractivity contribution is 5.67. The molecule has 7 nitrogen and oxygen atoms in total. The molecule has 0 saturated carbocycles. The highest BCUT2D eigenvalue weighted by Gasteiger charge is 2.05. The lowest BCUT2D eigenvalue weighted by Crippen LogP contribution is -1.98. The molecule has 3 aromatic rings. The average molecular weight is 215 g/mol. The van der Waals surface area contributed by atoms with E-state index in [2.05, 4.69) is 25.6 Å². The predicted octanol–water partition coefficient (Wildman–Crippen LogP) is 0.601. The number of nitrogens with one attached hydrogen (secondary N) is 1. The van der Waals surface area contributed by atoms with Gasteiger partial charge >= 0.3 is 0 Å². The van der Waals surface area contributed by atoms with Crippen LogP contribution in [-0.2, 0) is 7.05 Å². The van der Waals surface area contributed by atoms with Gasteiger partial charge in [-0.3, -0.25) is 9.08 Å². The Morgan fingerprint density at radius 2 is 2.25 bits per heavy atom. The first-order valence-electron chi connectivity index (χ1n) is 4.74. The first-order chi connectivity index (χ1) is 7.83. The molecule has 0 radical (unpaired) electrons. The van der Waals surface area contributed by atoms with Gasteiger partial charge in [0, 0.05) is 31.7 Å². The predicted molar refractivity (Wildman–Crippen MR) is 57.3 cm³/mol. The van der Waals surface area contributed by atoms with Crippen molar-refractivity contribution < 1.29 is 0 Å². The maximum absolute atomic E-state index is 4.21. The lowest BCUT2D eigenvalue weighted by molar-refractivity contribution is 0.771. The maximum atomic E-state index is 4.21. The van der Waals surface area contributed by atoms with E-state index in [4.69, 9.17) is 0 Å². The first kappa shape index (κ1) is 8.84. The Hall–Kier alpha value is -2.44. The van der Waals surface area contributed by atoms with E-state index in [1.54, 1.807) is 27.8 Å². The fraction of sp³-hybridized carbons (Fsp3) is 0.111. The summed E-state index contributed by atoms with van der Waals surface area (Å²) in [6.45, 7) is 0. The molecule has 0 bridgehead atoms. The Bertz CT molecular complexity index is 623. The van der Waals surface area contributed by atoms with Gasteiger partial charge in [0.1, 0.15) is 6.33 Å².